The van der Waals surface area contributed by atoms with Gasteiger partial charge in [0.2, 0.25) is 0 Å². The van der Waals surface area contributed by atoms with Gasteiger partial charge in [-0.25, -0.2) is 0 Å². The van der Waals surface area contributed by atoms with E-state index < -0.39 is 162 Å². The number of hydrogen-bond donors (Lipinski definition) is 3. The predicted molar refractivity (Wildman–Crippen MR) is 267 cm³/mol. The van der Waals surface area contributed by atoms with Crippen LogP contribution in [0, 0.1) is 107 Å². The maximum absolute atomic E-state index is 16.7. The van der Waals surface area contributed by atoms with Crippen molar-refractivity contribution in [1.29, 1.82) is 0 Å². The molecular weight excluding hydrogens is 1120 g/mol. The zero-order valence-corrected chi connectivity index (χ0v) is 41.8. The van der Waals surface area contributed by atoms with Gasteiger partial charge in [0, 0.05) is 0 Å². The quantitative estimate of drug-likeness (QED) is 0.0544. The van der Waals surface area contributed by atoms with Crippen molar-refractivity contribution in [3.8, 4) is 37.0 Å². The molecule has 3 aliphatic rings. The number of anilines is 3. The standard InChI is InChI=1S/3C18H10F4N3.In/c3*1-2-7-25-18-16(21)14(19)13(15(20)17(18)22)12(10-5-3-8-23-10)11-6-4-9-24-11;/h3*1,3-6,8-9,25H,7H2;/q3*-1;+3. The van der Waals surface area contributed by atoms with Crippen LogP contribution in [0.2, 0.25) is 0 Å². The number of terminal acetylenes is 3. The van der Waals surface area contributed by atoms with Crippen molar-refractivity contribution >= 4 is 74.7 Å². The maximum atomic E-state index is 16.7. The number of hydrogen-bond acceptors (Lipinski definition) is 6. The third-order valence-electron chi connectivity index (χ3n) is 11.9. The molecule has 76 heavy (non-hydrogen) atoms. The Bertz CT molecular complexity index is 3340. The normalized spacial score (nSPS) is 15.1. The summed E-state index contributed by atoms with van der Waals surface area (Å²) in [5.41, 5.74) is -10.9. The molecule has 0 aliphatic carbocycles. The monoisotopic (exact) mass is 1150 g/mol. The Labute approximate surface area is 432 Å². The summed E-state index contributed by atoms with van der Waals surface area (Å²) in [6.45, 7) is -1.66. The molecule has 3 N–H and O–H groups in total. The van der Waals surface area contributed by atoms with E-state index >= 15 is 52.7 Å². The Kier molecular flexibility index (Phi) is 14.7. The van der Waals surface area contributed by atoms with Gasteiger partial charge in [-0.15, -0.1) is 0 Å². The van der Waals surface area contributed by atoms with Gasteiger partial charge < -0.3 is 0 Å². The van der Waals surface area contributed by atoms with Crippen molar-refractivity contribution in [3.63, 3.8) is 0 Å². The average molecular weight is 1150 g/mol. The Morgan fingerprint density at radius 2 is 0.658 bits per heavy atom. The fourth-order valence-corrected chi connectivity index (χ4v) is 17.2. The van der Waals surface area contributed by atoms with Gasteiger partial charge in [0.1, 0.15) is 0 Å². The minimum absolute atomic E-state index is 0.266. The van der Waals surface area contributed by atoms with Gasteiger partial charge >= 0.3 is 435 Å². The van der Waals surface area contributed by atoms with Gasteiger partial charge in [0.25, 0.3) is 0 Å². The molecule has 0 bridgehead atoms. The van der Waals surface area contributed by atoms with Crippen LogP contribution in [-0.4, -0.2) is 68.2 Å². The van der Waals surface area contributed by atoms with E-state index in [2.05, 4.69) is 48.7 Å². The molecule has 6 heterocycles. The molecule has 3 aliphatic heterocycles. The summed E-state index contributed by atoms with van der Waals surface area (Å²) in [5.74, 6) is -16.7. The van der Waals surface area contributed by atoms with Gasteiger partial charge in [-0.05, 0) is 0 Å². The first-order chi connectivity index (χ1) is 36.7. The van der Waals surface area contributed by atoms with Crippen molar-refractivity contribution in [2.75, 3.05) is 35.6 Å². The minimum atomic E-state index is -5.36. The number of allylic oxidation sites excluding steroid dienone is 6. The molecule has 9 rings (SSSR count). The average Bonchev–Trinajstić information content (AvgIpc) is 4.36. The van der Waals surface area contributed by atoms with Crippen LogP contribution in [0.15, 0.2) is 124 Å². The fraction of sp³-hybridized carbons (Fsp3) is 0.0556. The van der Waals surface area contributed by atoms with Crippen LogP contribution in [0.5, 0.6) is 0 Å². The van der Waals surface area contributed by atoms with Gasteiger partial charge in [-0.1, -0.05) is 0 Å². The summed E-state index contributed by atoms with van der Waals surface area (Å²) in [4.78, 5) is 12.7. The number of nitrogens with zero attached hydrogens (tertiary/aromatic N) is 6. The van der Waals surface area contributed by atoms with E-state index in [0.29, 0.717) is 0 Å². The van der Waals surface area contributed by atoms with Crippen LogP contribution in [0.25, 0.3) is 16.7 Å². The third-order valence-corrected chi connectivity index (χ3v) is 20.0. The van der Waals surface area contributed by atoms with Crippen LogP contribution in [0.3, 0.4) is 0 Å². The Morgan fingerprint density at radius 1 is 0.408 bits per heavy atom. The molecule has 0 spiro atoms. The molecule has 6 aromatic rings. The SMILES string of the molecule is C#CCNc1c(F)c(F)c(C(=C2C=CC=N2)c2ccc[n]2[In]([n]2cccc2C(=C2C=CC=N2)c2c(F)c(F)c(NCC#C)c(F)c2F)[n]2cccc2C(=C2C=CC=N2)c2c(F)c(F)c(NCC#C)c(F)c2F)c(F)c1F. The first-order valence-electron chi connectivity index (χ1n) is 22.2. The number of benzene rings is 3. The molecule has 9 nitrogen and oxygen atoms in total. The van der Waals surface area contributed by atoms with Gasteiger partial charge in [0.15, 0.2) is 0 Å². The molecule has 378 valence electrons. The van der Waals surface area contributed by atoms with Gasteiger partial charge in [-0.3, -0.25) is 0 Å². The summed E-state index contributed by atoms with van der Waals surface area (Å²) >= 11 is -5.36. The molecule has 0 atom stereocenters. The second-order valence-electron chi connectivity index (χ2n) is 16.1. The van der Waals surface area contributed by atoms with E-state index in [9.17, 15) is 0 Å². The van der Waals surface area contributed by atoms with E-state index in [1.165, 1.54) is 118 Å². The number of aliphatic imine (C=N–C) groups is 3. The fourth-order valence-electron chi connectivity index (χ4n) is 8.77. The zero-order chi connectivity index (χ0) is 54.1. The summed E-state index contributed by atoms with van der Waals surface area (Å²) in [6.07, 6.45) is 31.1. The number of rotatable bonds is 15. The molecule has 0 amide bonds. The van der Waals surface area contributed by atoms with Crippen molar-refractivity contribution in [1.82, 2.24) is 7.66 Å². The summed E-state index contributed by atoms with van der Waals surface area (Å²) < 4.78 is 201. The topological polar surface area (TPSA) is 88.0 Å². The molecule has 22 heteroatoms. The molecule has 0 fully saturated rings. The molecule has 0 saturated heterocycles. The van der Waals surface area contributed by atoms with E-state index in [1.807, 2.05) is 0 Å². The van der Waals surface area contributed by atoms with Gasteiger partial charge in [0.05, 0.1) is 0 Å². The molecular formula is C54H30F12InN9. The first kappa shape index (κ1) is 51.9. The Hall–Kier alpha value is -8.94. The summed E-state index contributed by atoms with van der Waals surface area (Å²) in [5, 5.41) is 6.36. The molecule has 0 radical (unpaired) electrons. The first-order valence-corrected chi connectivity index (χ1v) is 26.6. The van der Waals surface area contributed by atoms with Crippen LogP contribution in [0.4, 0.5) is 69.7 Å². The Balaban J connectivity index is 1.39. The predicted octanol–water partition coefficient (Wildman–Crippen LogP) is 11.0. The van der Waals surface area contributed by atoms with Crippen molar-refractivity contribution < 1.29 is 52.7 Å². The van der Waals surface area contributed by atoms with Gasteiger partial charge in [-0.2, -0.15) is 0 Å². The molecule has 3 aromatic carbocycles. The van der Waals surface area contributed by atoms with Crippen molar-refractivity contribution in [3.05, 3.63) is 212 Å². The van der Waals surface area contributed by atoms with Crippen LogP contribution in [-0.2, 0) is 0 Å². The Morgan fingerprint density at radius 3 is 0.868 bits per heavy atom. The second kappa shape index (κ2) is 21.5. The van der Waals surface area contributed by atoms with Crippen LogP contribution < -0.4 is 16.0 Å². The number of halogens is 12. The van der Waals surface area contributed by atoms with E-state index in [4.69, 9.17) is 19.3 Å². The molecule has 0 saturated carbocycles. The van der Waals surface area contributed by atoms with E-state index in [1.54, 1.807) is 0 Å². The second-order valence-corrected chi connectivity index (χ2v) is 22.9. The van der Waals surface area contributed by atoms with Crippen molar-refractivity contribution in [2.24, 2.45) is 15.0 Å². The third kappa shape index (κ3) is 8.81. The summed E-state index contributed by atoms with van der Waals surface area (Å²) in [6, 6.07) is 7.82. The van der Waals surface area contributed by atoms with Crippen LogP contribution in [0.1, 0.15) is 33.8 Å². The van der Waals surface area contributed by atoms with E-state index in [0.717, 1.165) is 0 Å². The molecule has 0 unspecified atom stereocenters. The zero-order valence-electron chi connectivity index (χ0n) is 38.5. The van der Waals surface area contributed by atoms with E-state index in [-0.39, 0.29) is 34.2 Å². The van der Waals surface area contributed by atoms with Crippen molar-refractivity contribution in [2.45, 2.75) is 0 Å². The number of nitrogens with one attached hydrogen (secondary N) is 3. The molecule has 3 aromatic heterocycles. The van der Waals surface area contributed by atoms with Crippen LogP contribution >= 0.6 is 0 Å². The number of aromatic nitrogens is 3. The summed E-state index contributed by atoms with van der Waals surface area (Å²) in [7, 11) is 0.